The van der Waals surface area contributed by atoms with Crippen LogP contribution < -0.4 is 0 Å². The van der Waals surface area contributed by atoms with Crippen LogP contribution in [0.15, 0.2) is 188 Å². The van der Waals surface area contributed by atoms with Crippen molar-refractivity contribution in [2.24, 2.45) is 0 Å². The Morgan fingerprint density at radius 3 is 1.61 bits per heavy atom. The quantitative estimate of drug-likeness (QED) is 0.166. The molecule has 0 fully saturated rings. The lowest BCUT2D eigenvalue weighted by Crippen LogP contribution is -2.15. The number of rotatable bonds is 5. The number of benzene rings is 8. The Labute approximate surface area is 326 Å². The van der Waals surface area contributed by atoms with Crippen molar-refractivity contribution < 1.29 is 0 Å². The maximum Gasteiger partial charge on any atom is 0.234 e. The van der Waals surface area contributed by atoms with Crippen molar-refractivity contribution in [3.63, 3.8) is 0 Å². The van der Waals surface area contributed by atoms with Crippen LogP contribution in [0.4, 0.5) is 0 Å². The summed E-state index contributed by atoms with van der Waals surface area (Å²) >= 11 is 0. The number of hydrogen-bond donors (Lipinski definition) is 0. The van der Waals surface area contributed by atoms with Crippen molar-refractivity contribution in [3.8, 4) is 67.0 Å². The third-order valence-corrected chi connectivity index (χ3v) is 11.9. The van der Waals surface area contributed by atoms with Crippen LogP contribution >= 0.6 is 0 Å². The van der Waals surface area contributed by atoms with E-state index in [4.69, 9.17) is 4.98 Å². The molecule has 0 bridgehead atoms. The fourth-order valence-corrected chi connectivity index (χ4v) is 9.20. The average Bonchev–Trinajstić information content (AvgIpc) is 3.75. The number of hydrogen-bond acceptors (Lipinski definition) is 2. The first kappa shape index (κ1) is 32.3. The first-order valence-corrected chi connectivity index (χ1v) is 19.3. The molecule has 8 aromatic carbocycles. The Bertz CT molecular complexity index is 3120. The highest BCUT2D eigenvalue weighted by Crippen LogP contribution is 2.54. The van der Waals surface area contributed by atoms with Gasteiger partial charge in [-0.15, -0.1) is 0 Å². The molecule has 3 nitrogen and oxygen atoms in total. The Balaban J connectivity index is 1.07. The van der Waals surface area contributed by atoms with E-state index in [1.165, 1.54) is 77.2 Å². The van der Waals surface area contributed by atoms with Gasteiger partial charge in [-0.1, -0.05) is 166 Å². The minimum absolute atomic E-state index is 0.199. The van der Waals surface area contributed by atoms with E-state index in [1.54, 1.807) is 6.20 Å². The van der Waals surface area contributed by atoms with Crippen molar-refractivity contribution >= 4 is 27.3 Å². The van der Waals surface area contributed by atoms with Gasteiger partial charge in [0, 0.05) is 28.9 Å². The van der Waals surface area contributed by atoms with Gasteiger partial charge in [-0.25, -0.2) is 9.97 Å². The lowest BCUT2D eigenvalue weighted by Gasteiger charge is -2.24. The summed E-state index contributed by atoms with van der Waals surface area (Å²) in [6.45, 7) is 4.78. The van der Waals surface area contributed by atoms with E-state index in [2.05, 4.69) is 187 Å². The second-order valence-electron chi connectivity index (χ2n) is 15.4. The summed E-state index contributed by atoms with van der Waals surface area (Å²) < 4.78 is 2.09. The molecule has 2 aromatic heterocycles. The zero-order valence-corrected chi connectivity index (χ0v) is 31.2. The maximum absolute atomic E-state index is 4.95. The van der Waals surface area contributed by atoms with Crippen molar-refractivity contribution in [2.75, 3.05) is 0 Å². The standard InChI is InChI=1S/C53H37N3/c1-53(2)46-31-39(34-23-25-38(26-24-34)51-50(37-19-10-5-11-20-37)55-52-54-29-14-30-56(51)52)27-28-40(46)43-32-44-45(33-47(43)53)49(36-17-8-4-9-18-36)42-22-13-12-21-41(42)48(44)35-15-6-3-7-16-35/h3-33H,1-2H3. The molecule has 2 heterocycles. The molecular formula is C53H37N3. The lowest BCUT2D eigenvalue weighted by molar-refractivity contribution is 0.661. The van der Waals surface area contributed by atoms with Crippen LogP contribution in [0.25, 0.3) is 94.3 Å². The summed E-state index contributed by atoms with van der Waals surface area (Å²) in [7, 11) is 0. The van der Waals surface area contributed by atoms with Gasteiger partial charge in [-0.3, -0.25) is 4.40 Å². The molecule has 0 saturated heterocycles. The van der Waals surface area contributed by atoms with Crippen LogP contribution in [-0.2, 0) is 5.41 Å². The first-order chi connectivity index (χ1) is 27.5. The molecule has 0 atom stereocenters. The van der Waals surface area contributed by atoms with Crippen molar-refractivity contribution in [1.29, 1.82) is 0 Å². The highest BCUT2D eigenvalue weighted by Gasteiger charge is 2.37. The first-order valence-electron chi connectivity index (χ1n) is 19.3. The van der Waals surface area contributed by atoms with Crippen LogP contribution in [0.2, 0.25) is 0 Å². The number of nitrogens with zero attached hydrogens (tertiary/aromatic N) is 3. The van der Waals surface area contributed by atoms with Gasteiger partial charge in [-0.2, -0.15) is 0 Å². The molecule has 1 aliphatic rings. The second-order valence-corrected chi connectivity index (χ2v) is 15.4. The van der Waals surface area contributed by atoms with Gasteiger partial charge in [0.05, 0.1) is 11.4 Å². The molecule has 0 unspecified atom stereocenters. The molecule has 0 N–H and O–H groups in total. The Hall–Kier alpha value is -7.10. The molecule has 10 aromatic rings. The second kappa shape index (κ2) is 12.5. The fraction of sp³-hybridized carbons (Fsp3) is 0.0566. The Morgan fingerprint density at radius 2 is 0.964 bits per heavy atom. The van der Waals surface area contributed by atoms with Gasteiger partial charge in [0.15, 0.2) is 0 Å². The smallest absolute Gasteiger partial charge is 0.234 e. The molecule has 264 valence electrons. The van der Waals surface area contributed by atoms with Gasteiger partial charge in [0.25, 0.3) is 0 Å². The SMILES string of the molecule is CC1(C)c2cc(-c3ccc(-c4c(-c5ccccc5)nc5ncccn45)cc3)ccc2-c2cc3c(-c4ccccc4)c4ccccc4c(-c4ccccc4)c3cc21. The normalized spacial score (nSPS) is 13.0. The van der Waals surface area contributed by atoms with Gasteiger partial charge in [-0.05, 0) is 101 Å². The van der Waals surface area contributed by atoms with E-state index < -0.39 is 0 Å². The van der Waals surface area contributed by atoms with E-state index in [-0.39, 0.29) is 5.41 Å². The molecule has 3 heteroatoms. The molecule has 56 heavy (non-hydrogen) atoms. The van der Waals surface area contributed by atoms with Gasteiger partial charge < -0.3 is 0 Å². The van der Waals surface area contributed by atoms with Crippen LogP contribution in [0.5, 0.6) is 0 Å². The van der Waals surface area contributed by atoms with Crippen LogP contribution in [-0.4, -0.2) is 14.4 Å². The number of imidazole rings is 1. The summed E-state index contributed by atoms with van der Waals surface area (Å²) in [4.78, 5) is 9.51. The summed E-state index contributed by atoms with van der Waals surface area (Å²) in [5.41, 5.74) is 16.8. The Kier molecular flexibility index (Phi) is 7.20. The fourth-order valence-electron chi connectivity index (χ4n) is 9.20. The zero-order chi connectivity index (χ0) is 37.4. The third-order valence-electron chi connectivity index (χ3n) is 11.9. The van der Waals surface area contributed by atoms with Crippen molar-refractivity contribution in [1.82, 2.24) is 14.4 Å². The molecular weight excluding hydrogens is 679 g/mol. The summed E-state index contributed by atoms with van der Waals surface area (Å²) in [5, 5.41) is 5.13. The van der Waals surface area contributed by atoms with Gasteiger partial charge >= 0.3 is 0 Å². The minimum Gasteiger partial charge on any atom is -0.283 e. The average molecular weight is 716 g/mol. The van der Waals surface area contributed by atoms with E-state index >= 15 is 0 Å². The zero-order valence-electron chi connectivity index (χ0n) is 31.2. The van der Waals surface area contributed by atoms with Crippen molar-refractivity contribution in [2.45, 2.75) is 19.3 Å². The van der Waals surface area contributed by atoms with E-state index in [1.807, 2.05) is 18.3 Å². The van der Waals surface area contributed by atoms with E-state index in [0.717, 1.165) is 22.5 Å². The summed E-state index contributed by atoms with van der Waals surface area (Å²) in [6, 6.07) is 64.1. The van der Waals surface area contributed by atoms with Crippen LogP contribution in [0.1, 0.15) is 25.0 Å². The minimum atomic E-state index is -0.199. The topological polar surface area (TPSA) is 30.2 Å². The third kappa shape index (κ3) is 4.91. The predicted molar refractivity (Wildman–Crippen MR) is 233 cm³/mol. The van der Waals surface area contributed by atoms with E-state index in [9.17, 15) is 0 Å². The van der Waals surface area contributed by atoms with Crippen LogP contribution in [0.3, 0.4) is 0 Å². The highest BCUT2D eigenvalue weighted by atomic mass is 15.1. The molecule has 11 rings (SSSR count). The monoisotopic (exact) mass is 715 g/mol. The molecule has 0 aliphatic heterocycles. The Morgan fingerprint density at radius 1 is 0.429 bits per heavy atom. The number of fused-ring (bicyclic) bond motifs is 6. The summed E-state index contributed by atoms with van der Waals surface area (Å²) in [5.74, 6) is 0.693. The molecule has 0 amide bonds. The van der Waals surface area contributed by atoms with Crippen LogP contribution in [0, 0.1) is 0 Å². The molecule has 0 spiro atoms. The van der Waals surface area contributed by atoms with Gasteiger partial charge in [0.1, 0.15) is 0 Å². The van der Waals surface area contributed by atoms with Crippen molar-refractivity contribution in [3.05, 3.63) is 199 Å². The number of aromatic nitrogens is 3. The maximum atomic E-state index is 4.95. The highest BCUT2D eigenvalue weighted by molar-refractivity contribution is 6.22. The lowest BCUT2D eigenvalue weighted by atomic mass is 9.79. The predicted octanol–water partition coefficient (Wildman–Crippen LogP) is 13.7. The largest absolute Gasteiger partial charge is 0.283 e. The van der Waals surface area contributed by atoms with E-state index in [0.29, 0.717) is 5.78 Å². The molecule has 1 aliphatic carbocycles. The summed E-state index contributed by atoms with van der Waals surface area (Å²) in [6.07, 6.45) is 3.84. The molecule has 0 saturated carbocycles. The van der Waals surface area contributed by atoms with Gasteiger partial charge in [0.2, 0.25) is 5.78 Å². The molecule has 0 radical (unpaired) electrons.